The van der Waals surface area contributed by atoms with Crippen LogP contribution in [0.4, 0.5) is 0 Å². The van der Waals surface area contributed by atoms with Crippen molar-refractivity contribution >= 4 is 33.1 Å². The summed E-state index contributed by atoms with van der Waals surface area (Å²) < 4.78 is 0. The molecule has 0 unspecified atom stereocenters. The summed E-state index contributed by atoms with van der Waals surface area (Å²) in [6.45, 7) is 2.10. The molecule has 3 heteroatoms. The summed E-state index contributed by atoms with van der Waals surface area (Å²) in [6, 6.07) is 10.1. The molecular formula is C11H13Cl2P. The minimum atomic E-state index is -2.65. The first-order valence-electron chi connectivity index (χ1n) is 4.66. The van der Waals surface area contributed by atoms with Gasteiger partial charge in [0, 0.05) is 0 Å². The maximum atomic E-state index is 6.69. The van der Waals surface area contributed by atoms with E-state index in [4.69, 9.17) is 22.5 Å². The van der Waals surface area contributed by atoms with Crippen LogP contribution < -0.4 is 5.30 Å². The minimum absolute atomic E-state index is 0.824. The summed E-state index contributed by atoms with van der Waals surface area (Å²) >= 11 is 13.4. The van der Waals surface area contributed by atoms with Crippen LogP contribution in [0.3, 0.4) is 0 Å². The first-order chi connectivity index (χ1) is 6.50. The molecule has 0 amide bonds. The molecule has 0 radical (unpaired) electrons. The Bertz CT molecular complexity index is 382. The molecule has 1 aromatic rings. The summed E-state index contributed by atoms with van der Waals surface area (Å²) in [4.78, 5) is 0. The standard InChI is InChI=1S/C11H13Cl2P/c1-10-7-8-14(12,13,9-10)11-5-3-2-4-6-11/h2-7H,8-9H2,1H3. The van der Waals surface area contributed by atoms with Gasteiger partial charge in [-0.2, -0.15) is 0 Å². The molecule has 0 aromatic heterocycles. The van der Waals surface area contributed by atoms with E-state index in [2.05, 4.69) is 13.0 Å². The molecule has 2 rings (SSSR count). The Morgan fingerprint density at radius 3 is 2.29 bits per heavy atom. The van der Waals surface area contributed by atoms with Gasteiger partial charge in [-0.15, -0.1) is 0 Å². The van der Waals surface area contributed by atoms with Crippen molar-refractivity contribution in [1.82, 2.24) is 0 Å². The second-order valence-electron chi connectivity index (χ2n) is 3.98. The fourth-order valence-electron chi connectivity index (χ4n) is 1.90. The van der Waals surface area contributed by atoms with Crippen molar-refractivity contribution in [2.45, 2.75) is 6.92 Å². The fourth-order valence-corrected chi connectivity index (χ4v) is 7.24. The van der Waals surface area contributed by atoms with Crippen LogP contribution >= 0.6 is 27.8 Å². The van der Waals surface area contributed by atoms with Crippen molar-refractivity contribution in [2.75, 3.05) is 12.3 Å². The number of allylic oxidation sites excluding steroid dienone is 2. The van der Waals surface area contributed by atoms with Crippen molar-refractivity contribution in [3.63, 3.8) is 0 Å². The van der Waals surface area contributed by atoms with Gasteiger partial charge < -0.3 is 0 Å². The molecule has 0 N–H and O–H groups in total. The van der Waals surface area contributed by atoms with E-state index in [1.807, 2.05) is 30.3 Å². The molecule has 1 aliphatic rings. The summed E-state index contributed by atoms with van der Waals surface area (Å²) in [7, 11) is 0. The van der Waals surface area contributed by atoms with Gasteiger partial charge in [0.25, 0.3) is 0 Å². The number of hydrogen-bond acceptors (Lipinski definition) is 0. The first kappa shape index (κ1) is 10.5. The number of rotatable bonds is 1. The van der Waals surface area contributed by atoms with Gasteiger partial charge in [0.05, 0.1) is 0 Å². The van der Waals surface area contributed by atoms with E-state index < -0.39 is 5.31 Å². The van der Waals surface area contributed by atoms with Crippen molar-refractivity contribution in [1.29, 1.82) is 0 Å². The van der Waals surface area contributed by atoms with Gasteiger partial charge in [-0.3, -0.25) is 0 Å². The molecule has 0 saturated heterocycles. The van der Waals surface area contributed by atoms with E-state index in [0.29, 0.717) is 0 Å². The second-order valence-corrected chi connectivity index (χ2v) is 13.1. The number of halogens is 2. The molecule has 14 heavy (non-hydrogen) atoms. The fraction of sp³-hybridized carbons (Fsp3) is 0.273. The van der Waals surface area contributed by atoms with E-state index in [-0.39, 0.29) is 0 Å². The predicted octanol–water partition coefficient (Wildman–Crippen LogP) is 4.13. The van der Waals surface area contributed by atoms with E-state index in [0.717, 1.165) is 17.6 Å². The van der Waals surface area contributed by atoms with Crippen molar-refractivity contribution in [3.8, 4) is 0 Å². The Kier molecular flexibility index (Phi) is 2.42. The zero-order chi connectivity index (χ0) is 10.3. The Morgan fingerprint density at radius 2 is 1.79 bits per heavy atom. The molecular weight excluding hydrogens is 234 g/mol. The van der Waals surface area contributed by atoms with Gasteiger partial charge in [-0.1, -0.05) is 0 Å². The van der Waals surface area contributed by atoms with E-state index in [1.54, 1.807) is 0 Å². The molecule has 1 aromatic carbocycles. The Balaban J connectivity index is 2.43. The molecule has 0 bridgehead atoms. The summed E-state index contributed by atoms with van der Waals surface area (Å²) in [5, 5.41) is -1.53. The van der Waals surface area contributed by atoms with Crippen LogP contribution in [-0.2, 0) is 0 Å². The molecule has 0 spiro atoms. The molecule has 0 aliphatic carbocycles. The van der Waals surface area contributed by atoms with Crippen LogP contribution in [0.1, 0.15) is 6.92 Å². The van der Waals surface area contributed by atoms with E-state index >= 15 is 0 Å². The summed E-state index contributed by atoms with van der Waals surface area (Å²) in [5.74, 6) is 0. The topological polar surface area (TPSA) is 0 Å². The van der Waals surface area contributed by atoms with Gasteiger partial charge in [-0.25, -0.2) is 0 Å². The molecule has 0 fully saturated rings. The zero-order valence-corrected chi connectivity index (χ0v) is 10.5. The zero-order valence-electron chi connectivity index (χ0n) is 8.08. The van der Waals surface area contributed by atoms with Gasteiger partial charge in [0.2, 0.25) is 0 Å². The Morgan fingerprint density at radius 1 is 1.14 bits per heavy atom. The van der Waals surface area contributed by atoms with Crippen LogP contribution in [0.25, 0.3) is 0 Å². The van der Waals surface area contributed by atoms with Crippen LogP contribution in [0.5, 0.6) is 0 Å². The average molecular weight is 247 g/mol. The van der Waals surface area contributed by atoms with Crippen LogP contribution in [0.15, 0.2) is 42.0 Å². The first-order valence-corrected chi connectivity index (χ1v) is 9.07. The van der Waals surface area contributed by atoms with Gasteiger partial charge in [-0.05, 0) is 0 Å². The average Bonchev–Trinajstić information content (AvgIpc) is 2.45. The van der Waals surface area contributed by atoms with Gasteiger partial charge >= 0.3 is 94.3 Å². The maximum absolute atomic E-state index is 6.69. The summed E-state index contributed by atoms with van der Waals surface area (Å²) in [5.41, 5.74) is 1.32. The van der Waals surface area contributed by atoms with E-state index in [9.17, 15) is 0 Å². The molecule has 0 atom stereocenters. The normalized spacial score (nSPS) is 26.2. The number of hydrogen-bond donors (Lipinski definition) is 0. The Hall–Kier alpha value is -0.0300. The predicted molar refractivity (Wildman–Crippen MR) is 68.2 cm³/mol. The quantitative estimate of drug-likeness (QED) is 0.517. The van der Waals surface area contributed by atoms with Gasteiger partial charge in [0.15, 0.2) is 0 Å². The molecule has 0 saturated carbocycles. The summed E-state index contributed by atoms with van der Waals surface area (Å²) in [6.07, 6.45) is 3.84. The molecule has 0 nitrogen and oxygen atoms in total. The third kappa shape index (κ3) is 1.72. The van der Waals surface area contributed by atoms with Gasteiger partial charge in [0.1, 0.15) is 0 Å². The van der Waals surface area contributed by atoms with Crippen molar-refractivity contribution in [2.24, 2.45) is 0 Å². The van der Waals surface area contributed by atoms with Crippen LogP contribution in [0.2, 0.25) is 0 Å². The van der Waals surface area contributed by atoms with Crippen LogP contribution in [0, 0.1) is 0 Å². The van der Waals surface area contributed by atoms with Crippen molar-refractivity contribution in [3.05, 3.63) is 42.0 Å². The van der Waals surface area contributed by atoms with Crippen LogP contribution in [-0.4, -0.2) is 12.3 Å². The van der Waals surface area contributed by atoms with Crippen molar-refractivity contribution < 1.29 is 0 Å². The molecule has 76 valence electrons. The SMILES string of the molecule is CC1=CCP(Cl)(Cl)(c2ccccc2)C1. The Labute approximate surface area is 94.4 Å². The van der Waals surface area contributed by atoms with E-state index in [1.165, 1.54) is 5.57 Å². The number of benzene rings is 1. The monoisotopic (exact) mass is 246 g/mol. The molecule has 1 aliphatic heterocycles. The third-order valence-electron chi connectivity index (χ3n) is 2.67. The molecule has 1 heterocycles. The third-order valence-corrected chi connectivity index (χ3v) is 8.83. The second kappa shape index (κ2) is 3.23.